The molecular weight excluding hydrogens is 308 g/mol. The second kappa shape index (κ2) is 7.12. The molecular formula is C16H20N6O2. The Hall–Kier alpha value is -2.90. The van der Waals surface area contributed by atoms with Gasteiger partial charge in [0.2, 0.25) is 17.6 Å². The average Bonchev–Trinajstić information content (AvgIpc) is 2.84. The SMILES string of the molecule is Nc1nc(N2CCCCCC2)nc(Nc2ccccc2)c1[N+](=O)[O-]. The number of nitrogens with zero attached hydrogens (tertiary/aromatic N) is 4. The highest BCUT2D eigenvalue weighted by Crippen LogP contribution is 2.32. The van der Waals surface area contributed by atoms with E-state index in [4.69, 9.17) is 5.73 Å². The van der Waals surface area contributed by atoms with Crippen LogP contribution in [0.25, 0.3) is 0 Å². The Morgan fingerprint density at radius 1 is 1.08 bits per heavy atom. The molecule has 2 heterocycles. The number of nitrogens with two attached hydrogens (primary N) is 1. The van der Waals surface area contributed by atoms with Crippen LogP contribution in [0.3, 0.4) is 0 Å². The molecule has 0 bridgehead atoms. The summed E-state index contributed by atoms with van der Waals surface area (Å²) in [5.41, 5.74) is 6.28. The maximum absolute atomic E-state index is 11.4. The second-order valence-electron chi connectivity index (χ2n) is 5.76. The van der Waals surface area contributed by atoms with E-state index in [0.717, 1.165) is 25.9 Å². The van der Waals surface area contributed by atoms with E-state index in [2.05, 4.69) is 15.3 Å². The average molecular weight is 328 g/mol. The molecule has 1 fully saturated rings. The molecule has 0 atom stereocenters. The first-order valence-corrected chi connectivity index (χ1v) is 8.04. The molecule has 0 aliphatic carbocycles. The van der Waals surface area contributed by atoms with Crippen LogP contribution in [0.4, 0.5) is 29.0 Å². The van der Waals surface area contributed by atoms with E-state index >= 15 is 0 Å². The summed E-state index contributed by atoms with van der Waals surface area (Å²) in [6.45, 7) is 1.67. The van der Waals surface area contributed by atoms with Gasteiger partial charge in [-0.15, -0.1) is 0 Å². The van der Waals surface area contributed by atoms with Gasteiger partial charge in [0.05, 0.1) is 4.92 Å². The van der Waals surface area contributed by atoms with E-state index < -0.39 is 4.92 Å². The first-order valence-electron chi connectivity index (χ1n) is 8.04. The molecule has 3 rings (SSSR count). The minimum absolute atomic E-state index is 0.118. The molecule has 0 unspecified atom stereocenters. The van der Waals surface area contributed by atoms with Crippen molar-refractivity contribution >= 4 is 29.0 Å². The van der Waals surface area contributed by atoms with E-state index in [1.165, 1.54) is 12.8 Å². The van der Waals surface area contributed by atoms with Crippen molar-refractivity contribution in [1.29, 1.82) is 0 Å². The number of para-hydroxylation sites is 1. The van der Waals surface area contributed by atoms with Crippen LogP contribution in [0.5, 0.6) is 0 Å². The Bertz CT molecular complexity index is 714. The smallest absolute Gasteiger partial charge is 0.353 e. The first-order chi connectivity index (χ1) is 11.6. The van der Waals surface area contributed by atoms with Gasteiger partial charge in [0, 0.05) is 18.8 Å². The van der Waals surface area contributed by atoms with Crippen LogP contribution in [0.15, 0.2) is 30.3 Å². The highest BCUT2D eigenvalue weighted by atomic mass is 16.6. The van der Waals surface area contributed by atoms with Crippen molar-refractivity contribution in [3.8, 4) is 0 Å². The molecule has 3 N–H and O–H groups in total. The van der Waals surface area contributed by atoms with Gasteiger partial charge < -0.3 is 16.0 Å². The molecule has 2 aromatic rings. The minimum Gasteiger partial charge on any atom is -0.378 e. The molecule has 1 aliphatic heterocycles. The molecule has 126 valence electrons. The molecule has 8 heteroatoms. The molecule has 0 spiro atoms. The first kappa shape index (κ1) is 16.0. The monoisotopic (exact) mass is 328 g/mol. The summed E-state index contributed by atoms with van der Waals surface area (Å²) in [7, 11) is 0. The van der Waals surface area contributed by atoms with Gasteiger partial charge in [0.1, 0.15) is 0 Å². The Balaban J connectivity index is 1.98. The van der Waals surface area contributed by atoms with E-state index in [1.807, 2.05) is 35.2 Å². The Morgan fingerprint density at radius 3 is 2.38 bits per heavy atom. The van der Waals surface area contributed by atoms with Crippen LogP contribution >= 0.6 is 0 Å². The highest BCUT2D eigenvalue weighted by Gasteiger charge is 2.25. The van der Waals surface area contributed by atoms with E-state index in [-0.39, 0.29) is 17.3 Å². The summed E-state index contributed by atoms with van der Waals surface area (Å²) in [6.07, 6.45) is 4.46. The minimum atomic E-state index is -0.549. The van der Waals surface area contributed by atoms with Crippen molar-refractivity contribution in [1.82, 2.24) is 9.97 Å². The molecule has 1 saturated heterocycles. The van der Waals surface area contributed by atoms with Gasteiger partial charge in [0.25, 0.3) is 0 Å². The summed E-state index contributed by atoms with van der Waals surface area (Å²) in [5, 5.41) is 14.4. The molecule has 1 aromatic heterocycles. The summed E-state index contributed by atoms with van der Waals surface area (Å²) in [6, 6.07) is 9.18. The fourth-order valence-corrected chi connectivity index (χ4v) is 2.80. The zero-order chi connectivity index (χ0) is 16.9. The number of nitro groups is 1. The van der Waals surface area contributed by atoms with E-state index in [0.29, 0.717) is 11.6 Å². The predicted molar refractivity (Wildman–Crippen MR) is 93.5 cm³/mol. The van der Waals surface area contributed by atoms with Gasteiger partial charge in [-0.25, -0.2) is 0 Å². The quantitative estimate of drug-likeness (QED) is 0.655. The van der Waals surface area contributed by atoms with Crippen molar-refractivity contribution in [2.75, 3.05) is 29.0 Å². The fraction of sp³-hybridized carbons (Fsp3) is 0.375. The van der Waals surface area contributed by atoms with Gasteiger partial charge in [0.15, 0.2) is 0 Å². The molecule has 1 aliphatic rings. The molecule has 8 nitrogen and oxygen atoms in total. The predicted octanol–water partition coefficient (Wildman–Crippen LogP) is 3.09. The number of nitrogens with one attached hydrogen (secondary N) is 1. The third-order valence-corrected chi connectivity index (χ3v) is 4.01. The summed E-state index contributed by atoms with van der Waals surface area (Å²) >= 11 is 0. The fourth-order valence-electron chi connectivity index (χ4n) is 2.80. The highest BCUT2D eigenvalue weighted by molar-refractivity contribution is 5.74. The number of rotatable bonds is 4. The van der Waals surface area contributed by atoms with Gasteiger partial charge in [-0.3, -0.25) is 10.1 Å². The number of anilines is 4. The molecule has 0 saturated carbocycles. The van der Waals surface area contributed by atoms with Crippen LogP contribution in [-0.2, 0) is 0 Å². The maximum atomic E-state index is 11.4. The lowest BCUT2D eigenvalue weighted by molar-refractivity contribution is -0.383. The van der Waals surface area contributed by atoms with Crippen molar-refractivity contribution in [3.05, 3.63) is 40.4 Å². The topological polar surface area (TPSA) is 110 Å². The third-order valence-electron chi connectivity index (χ3n) is 4.01. The molecule has 1 aromatic carbocycles. The molecule has 24 heavy (non-hydrogen) atoms. The lowest BCUT2D eigenvalue weighted by atomic mass is 10.2. The summed E-state index contributed by atoms with van der Waals surface area (Å²) < 4.78 is 0. The third kappa shape index (κ3) is 3.53. The van der Waals surface area contributed by atoms with E-state index in [1.54, 1.807) is 0 Å². The standard InChI is InChI=1S/C16H20N6O2/c17-14-13(22(23)24)15(18-12-8-4-3-5-9-12)20-16(19-14)21-10-6-1-2-7-11-21/h3-5,8-9H,1-2,6-7,10-11H2,(H3,17,18,19,20). The summed E-state index contributed by atoms with van der Waals surface area (Å²) in [4.78, 5) is 21.4. The van der Waals surface area contributed by atoms with Gasteiger partial charge in [-0.05, 0) is 25.0 Å². The van der Waals surface area contributed by atoms with Gasteiger partial charge in [-0.1, -0.05) is 31.0 Å². The number of nitrogen functional groups attached to an aromatic ring is 1. The maximum Gasteiger partial charge on any atom is 0.353 e. The Morgan fingerprint density at radius 2 is 1.75 bits per heavy atom. The largest absolute Gasteiger partial charge is 0.378 e. The van der Waals surface area contributed by atoms with Crippen molar-refractivity contribution in [2.24, 2.45) is 0 Å². The zero-order valence-electron chi connectivity index (χ0n) is 13.3. The molecule has 0 amide bonds. The second-order valence-corrected chi connectivity index (χ2v) is 5.76. The van der Waals surface area contributed by atoms with Gasteiger partial charge >= 0.3 is 5.69 Å². The van der Waals surface area contributed by atoms with Crippen LogP contribution in [-0.4, -0.2) is 28.0 Å². The van der Waals surface area contributed by atoms with Crippen LogP contribution in [0, 0.1) is 10.1 Å². The van der Waals surface area contributed by atoms with Crippen LogP contribution in [0.2, 0.25) is 0 Å². The van der Waals surface area contributed by atoms with Crippen molar-refractivity contribution < 1.29 is 4.92 Å². The van der Waals surface area contributed by atoms with Crippen LogP contribution in [0.1, 0.15) is 25.7 Å². The number of aromatic nitrogens is 2. The molecule has 0 radical (unpaired) electrons. The lowest BCUT2D eigenvalue weighted by Crippen LogP contribution is -2.26. The Kier molecular flexibility index (Phi) is 4.74. The summed E-state index contributed by atoms with van der Waals surface area (Å²) in [5.74, 6) is 0.448. The van der Waals surface area contributed by atoms with Crippen LogP contribution < -0.4 is 16.0 Å². The lowest BCUT2D eigenvalue weighted by Gasteiger charge is -2.21. The van der Waals surface area contributed by atoms with Gasteiger partial charge in [-0.2, -0.15) is 9.97 Å². The zero-order valence-corrected chi connectivity index (χ0v) is 13.3. The Labute approximate surface area is 139 Å². The number of benzene rings is 1. The number of hydrogen-bond donors (Lipinski definition) is 2. The van der Waals surface area contributed by atoms with Crippen molar-refractivity contribution in [2.45, 2.75) is 25.7 Å². The number of hydrogen-bond acceptors (Lipinski definition) is 7. The van der Waals surface area contributed by atoms with E-state index in [9.17, 15) is 10.1 Å². The van der Waals surface area contributed by atoms with Crippen molar-refractivity contribution in [3.63, 3.8) is 0 Å². The normalized spacial score (nSPS) is 14.9.